The number of anilines is 1. The SMILES string of the molecule is CCN(C(=O)[C@H](C)OC(=O)c1cc(S(=O)(=O)N2CCCCC2)ccc1C)c1ccccc1. The van der Waals surface area contributed by atoms with Crippen molar-refractivity contribution in [2.45, 2.75) is 51.0 Å². The van der Waals surface area contributed by atoms with Gasteiger partial charge in [-0.1, -0.05) is 30.7 Å². The molecule has 1 aliphatic heterocycles. The quantitative estimate of drug-likeness (QED) is 0.590. The molecule has 1 heterocycles. The summed E-state index contributed by atoms with van der Waals surface area (Å²) in [4.78, 5) is 27.4. The summed E-state index contributed by atoms with van der Waals surface area (Å²) in [7, 11) is -3.68. The van der Waals surface area contributed by atoms with Crippen molar-refractivity contribution >= 4 is 27.6 Å². The molecule has 0 aliphatic carbocycles. The Bertz CT molecular complexity index is 1060. The molecule has 1 saturated heterocycles. The maximum atomic E-state index is 13.0. The maximum absolute atomic E-state index is 13.0. The third kappa shape index (κ3) is 5.19. The minimum atomic E-state index is -3.68. The van der Waals surface area contributed by atoms with E-state index in [1.54, 1.807) is 17.9 Å². The Labute approximate surface area is 190 Å². The van der Waals surface area contributed by atoms with Gasteiger partial charge in [0.05, 0.1) is 10.5 Å². The number of rotatable bonds is 7. The molecule has 2 aromatic rings. The Balaban J connectivity index is 1.78. The summed E-state index contributed by atoms with van der Waals surface area (Å²) in [6.07, 6.45) is 1.65. The minimum Gasteiger partial charge on any atom is -0.449 e. The Kier molecular flexibility index (Phi) is 7.69. The first-order valence-electron chi connectivity index (χ1n) is 10.9. The molecule has 32 heavy (non-hydrogen) atoms. The second-order valence-electron chi connectivity index (χ2n) is 7.91. The first-order chi connectivity index (χ1) is 15.3. The van der Waals surface area contributed by atoms with E-state index in [2.05, 4.69) is 0 Å². The Morgan fingerprint density at radius 1 is 1.06 bits per heavy atom. The number of ether oxygens (including phenoxy) is 1. The first-order valence-corrected chi connectivity index (χ1v) is 12.4. The van der Waals surface area contributed by atoms with Gasteiger partial charge in [0.15, 0.2) is 6.10 Å². The normalized spacial score (nSPS) is 15.7. The lowest BCUT2D eigenvalue weighted by atomic mass is 10.1. The van der Waals surface area contributed by atoms with E-state index in [4.69, 9.17) is 4.74 Å². The van der Waals surface area contributed by atoms with E-state index in [1.165, 1.54) is 23.4 Å². The molecule has 0 N–H and O–H groups in total. The Morgan fingerprint density at radius 3 is 2.34 bits per heavy atom. The number of benzene rings is 2. The van der Waals surface area contributed by atoms with E-state index in [0.29, 0.717) is 30.9 Å². The fourth-order valence-electron chi connectivity index (χ4n) is 3.80. The van der Waals surface area contributed by atoms with Gasteiger partial charge in [0.1, 0.15) is 0 Å². The predicted octanol–water partition coefficient (Wildman–Crippen LogP) is 3.77. The number of likely N-dealkylation sites (N-methyl/N-ethyl adjacent to an activating group) is 1. The number of sulfonamides is 1. The molecule has 7 nitrogen and oxygen atoms in total. The topological polar surface area (TPSA) is 84.0 Å². The van der Waals surface area contributed by atoms with Gasteiger partial charge in [-0.05, 0) is 63.4 Å². The second kappa shape index (κ2) is 10.3. The largest absolute Gasteiger partial charge is 0.449 e. The van der Waals surface area contributed by atoms with Gasteiger partial charge in [0.2, 0.25) is 10.0 Å². The zero-order valence-corrected chi connectivity index (χ0v) is 19.6. The molecule has 1 atom stereocenters. The van der Waals surface area contributed by atoms with Crippen molar-refractivity contribution in [2.75, 3.05) is 24.5 Å². The number of amides is 1. The Hall–Kier alpha value is -2.71. The number of aryl methyl sites for hydroxylation is 1. The molecule has 0 radical (unpaired) electrons. The average molecular weight is 459 g/mol. The van der Waals surface area contributed by atoms with Gasteiger partial charge in [0, 0.05) is 25.3 Å². The van der Waals surface area contributed by atoms with Crippen molar-refractivity contribution in [3.63, 3.8) is 0 Å². The number of piperidine rings is 1. The molecule has 2 aromatic carbocycles. The lowest BCUT2D eigenvalue weighted by Gasteiger charge is -2.26. The molecule has 0 unspecified atom stereocenters. The maximum Gasteiger partial charge on any atom is 0.339 e. The van der Waals surface area contributed by atoms with E-state index in [1.807, 2.05) is 37.3 Å². The molecule has 1 aliphatic rings. The summed E-state index contributed by atoms with van der Waals surface area (Å²) in [5, 5.41) is 0. The third-order valence-corrected chi connectivity index (χ3v) is 7.56. The van der Waals surface area contributed by atoms with Gasteiger partial charge in [-0.15, -0.1) is 0 Å². The van der Waals surface area contributed by atoms with Crippen LogP contribution in [0.15, 0.2) is 53.4 Å². The van der Waals surface area contributed by atoms with Crippen LogP contribution in [0.5, 0.6) is 0 Å². The number of esters is 1. The van der Waals surface area contributed by atoms with Gasteiger partial charge < -0.3 is 9.64 Å². The van der Waals surface area contributed by atoms with Crippen LogP contribution in [0.4, 0.5) is 5.69 Å². The highest BCUT2D eigenvalue weighted by Crippen LogP contribution is 2.24. The summed E-state index contributed by atoms with van der Waals surface area (Å²) >= 11 is 0. The molecule has 0 spiro atoms. The fraction of sp³-hybridized carbons (Fsp3) is 0.417. The fourth-order valence-corrected chi connectivity index (χ4v) is 5.35. The number of carbonyl (C=O) groups excluding carboxylic acids is 2. The highest BCUT2D eigenvalue weighted by Gasteiger charge is 2.29. The van der Waals surface area contributed by atoms with E-state index < -0.39 is 22.1 Å². The number of carbonyl (C=O) groups is 2. The standard InChI is InChI=1S/C24H30N2O5S/c1-4-26(20-11-7-5-8-12-20)23(27)19(3)31-24(28)22-17-21(14-13-18(22)2)32(29,30)25-15-9-6-10-16-25/h5,7-8,11-14,17,19H,4,6,9-10,15-16H2,1-3H3/t19-/m0/s1. The van der Waals surface area contributed by atoms with Crippen LogP contribution >= 0.6 is 0 Å². The predicted molar refractivity (Wildman–Crippen MR) is 123 cm³/mol. The molecule has 8 heteroatoms. The number of nitrogens with zero attached hydrogens (tertiary/aromatic N) is 2. The molecule has 3 rings (SSSR count). The van der Waals surface area contributed by atoms with Crippen LogP contribution in [0.1, 0.15) is 49.0 Å². The minimum absolute atomic E-state index is 0.0652. The number of para-hydroxylation sites is 1. The molecule has 0 saturated carbocycles. The van der Waals surface area contributed by atoms with Crippen LogP contribution < -0.4 is 4.90 Å². The highest BCUT2D eigenvalue weighted by molar-refractivity contribution is 7.89. The lowest BCUT2D eigenvalue weighted by Crippen LogP contribution is -2.40. The molecule has 1 amide bonds. The van der Waals surface area contributed by atoms with Gasteiger partial charge in [-0.3, -0.25) is 4.79 Å². The number of hydrogen-bond donors (Lipinski definition) is 0. The monoisotopic (exact) mass is 458 g/mol. The first kappa shape index (κ1) is 23.9. The molecule has 0 aromatic heterocycles. The van der Waals surface area contributed by atoms with Crippen LogP contribution in [-0.2, 0) is 19.6 Å². The zero-order chi connectivity index (χ0) is 23.3. The summed E-state index contributed by atoms with van der Waals surface area (Å²) in [6.45, 7) is 6.46. The van der Waals surface area contributed by atoms with Gasteiger partial charge >= 0.3 is 5.97 Å². The van der Waals surface area contributed by atoms with Crippen molar-refractivity contribution in [3.8, 4) is 0 Å². The van der Waals surface area contributed by atoms with Crippen LogP contribution in [-0.4, -0.2) is 50.3 Å². The lowest BCUT2D eigenvalue weighted by molar-refractivity contribution is -0.126. The van der Waals surface area contributed by atoms with Crippen LogP contribution in [0.3, 0.4) is 0 Å². The van der Waals surface area contributed by atoms with Crippen molar-refractivity contribution in [1.29, 1.82) is 0 Å². The zero-order valence-electron chi connectivity index (χ0n) is 18.8. The second-order valence-corrected chi connectivity index (χ2v) is 9.84. The van der Waals surface area contributed by atoms with Crippen LogP contribution in [0, 0.1) is 6.92 Å². The Morgan fingerprint density at radius 2 is 1.72 bits per heavy atom. The highest BCUT2D eigenvalue weighted by atomic mass is 32.2. The van der Waals surface area contributed by atoms with Crippen LogP contribution in [0.25, 0.3) is 0 Å². The van der Waals surface area contributed by atoms with Crippen molar-refractivity contribution < 1.29 is 22.7 Å². The molecular formula is C24H30N2O5S. The molecular weight excluding hydrogens is 428 g/mol. The van der Waals surface area contributed by atoms with E-state index in [0.717, 1.165) is 19.3 Å². The summed E-state index contributed by atoms with van der Waals surface area (Å²) < 4.78 is 32.9. The van der Waals surface area contributed by atoms with E-state index in [9.17, 15) is 18.0 Å². The summed E-state index contributed by atoms with van der Waals surface area (Å²) in [5.41, 5.74) is 1.45. The van der Waals surface area contributed by atoms with E-state index >= 15 is 0 Å². The average Bonchev–Trinajstić information content (AvgIpc) is 2.80. The molecule has 1 fully saturated rings. The van der Waals surface area contributed by atoms with Crippen LogP contribution in [0.2, 0.25) is 0 Å². The van der Waals surface area contributed by atoms with Gasteiger partial charge in [-0.25, -0.2) is 13.2 Å². The van der Waals surface area contributed by atoms with Crippen molar-refractivity contribution in [2.24, 2.45) is 0 Å². The molecule has 172 valence electrons. The van der Waals surface area contributed by atoms with E-state index in [-0.39, 0.29) is 16.4 Å². The molecule has 0 bridgehead atoms. The van der Waals surface area contributed by atoms with Gasteiger partial charge in [0.25, 0.3) is 5.91 Å². The summed E-state index contributed by atoms with van der Waals surface area (Å²) in [6, 6.07) is 13.6. The van der Waals surface area contributed by atoms with Crippen molar-refractivity contribution in [3.05, 3.63) is 59.7 Å². The van der Waals surface area contributed by atoms with Gasteiger partial charge in [-0.2, -0.15) is 4.31 Å². The number of hydrogen-bond acceptors (Lipinski definition) is 5. The summed E-state index contributed by atoms with van der Waals surface area (Å²) in [5.74, 6) is -1.06. The smallest absolute Gasteiger partial charge is 0.339 e. The third-order valence-electron chi connectivity index (χ3n) is 5.66. The van der Waals surface area contributed by atoms with Crippen molar-refractivity contribution in [1.82, 2.24) is 4.31 Å².